The first-order chi connectivity index (χ1) is 14.6. The first-order valence-corrected chi connectivity index (χ1v) is 9.83. The Balaban J connectivity index is 1.35. The number of ether oxygens (including phenoxy) is 2. The molecule has 4 rings (SSSR count). The van der Waals surface area contributed by atoms with Crippen molar-refractivity contribution in [1.82, 2.24) is 4.90 Å². The SMILES string of the molecule is COC(=O)c1ccc(COc2coc(CN3CCc4ccccc4C3)cc2=O)cc1. The van der Waals surface area contributed by atoms with E-state index in [0.717, 1.165) is 25.1 Å². The molecule has 0 fully saturated rings. The summed E-state index contributed by atoms with van der Waals surface area (Å²) < 4.78 is 15.9. The van der Waals surface area contributed by atoms with Crippen LogP contribution in [0.15, 0.2) is 70.1 Å². The molecule has 0 bridgehead atoms. The first kappa shape index (κ1) is 19.9. The van der Waals surface area contributed by atoms with E-state index < -0.39 is 5.97 Å². The van der Waals surface area contributed by atoms with Gasteiger partial charge >= 0.3 is 5.97 Å². The molecule has 3 aromatic rings. The van der Waals surface area contributed by atoms with E-state index >= 15 is 0 Å². The van der Waals surface area contributed by atoms with Gasteiger partial charge in [0.05, 0.1) is 19.2 Å². The van der Waals surface area contributed by atoms with Crippen LogP contribution in [-0.4, -0.2) is 24.5 Å². The van der Waals surface area contributed by atoms with Gasteiger partial charge in [-0.3, -0.25) is 9.69 Å². The second-order valence-electron chi connectivity index (χ2n) is 7.28. The molecular weight excluding hydrogens is 382 g/mol. The average molecular weight is 405 g/mol. The Kier molecular flexibility index (Phi) is 5.95. The van der Waals surface area contributed by atoms with Crippen LogP contribution in [0, 0.1) is 0 Å². The van der Waals surface area contributed by atoms with Crippen molar-refractivity contribution in [3.8, 4) is 5.75 Å². The Bertz CT molecular complexity index is 1090. The minimum Gasteiger partial charge on any atom is -0.482 e. The van der Waals surface area contributed by atoms with Gasteiger partial charge in [0.25, 0.3) is 0 Å². The van der Waals surface area contributed by atoms with Crippen molar-refractivity contribution in [2.75, 3.05) is 13.7 Å². The molecule has 154 valence electrons. The van der Waals surface area contributed by atoms with Crippen LogP contribution < -0.4 is 10.2 Å². The summed E-state index contributed by atoms with van der Waals surface area (Å²) in [4.78, 5) is 26.2. The van der Waals surface area contributed by atoms with Crippen molar-refractivity contribution < 1.29 is 18.7 Å². The molecule has 1 aliphatic rings. The molecule has 1 aromatic heterocycles. The van der Waals surface area contributed by atoms with Crippen LogP contribution in [0.1, 0.15) is 32.8 Å². The van der Waals surface area contributed by atoms with Gasteiger partial charge in [0.15, 0.2) is 0 Å². The zero-order valence-electron chi connectivity index (χ0n) is 16.8. The average Bonchev–Trinajstić information content (AvgIpc) is 2.78. The van der Waals surface area contributed by atoms with E-state index in [-0.39, 0.29) is 17.8 Å². The van der Waals surface area contributed by atoms with Crippen LogP contribution in [0.4, 0.5) is 0 Å². The lowest BCUT2D eigenvalue weighted by molar-refractivity contribution is 0.0600. The largest absolute Gasteiger partial charge is 0.482 e. The molecule has 0 saturated heterocycles. The van der Waals surface area contributed by atoms with E-state index in [1.54, 1.807) is 24.3 Å². The molecule has 0 N–H and O–H groups in total. The summed E-state index contributed by atoms with van der Waals surface area (Å²) in [5, 5.41) is 0. The Hall–Kier alpha value is -3.38. The van der Waals surface area contributed by atoms with Gasteiger partial charge in [-0.2, -0.15) is 0 Å². The Morgan fingerprint density at radius 1 is 1.10 bits per heavy atom. The number of benzene rings is 2. The maximum atomic E-state index is 12.4. The van der Waals surface area contributed by atoms with Gasteiger partial charge in [-0.25, -0.2) is 4.79 Å². The van der Waals surface area contributed by atoms with Crippen molar-refractivity contribution in [2.24, 2.45) is 0 Å². The minimum atomic E-state index is -0.393. The summed E-state index contributed by atoms with van der Waals surface area (Å²) in [5.74, 6) is 0.393. The highest BCUT2D eigenvalue weighted by molar-refractivity contribution is 5.89. The maximum Gasteiger partial charge on any atom is 0.337 e. The fraction of sp³-hybridized carbons (Fsp3) is 0.250. The quantitative estimate of drug-likeness (QED) is 0.584. The molecule has 0 amide bonds. The lowest BCUT2D eigenvalue weighted by Gasteiger charge is -2.28. The molecule has 0 atom stereocenters. The molecule has 0 spiro atoms. The van der Waals surface area contributed by atoms with Crippen LogP contribution >= 0.6 is 0 Å². The number of rotatable bonds is 6. The van der Waals surface area contributed by atoms with E-state index in [1.807, 2.05) is 0 Å². The van der Waals surface area contributed by atoms with Crippen molar-refractivity contribution in [3.63, 3.8) is 0 Å². The van der Waals surface area contributed by atoms with Crippen molar-refractivity contribution in [1.29, 1.82) is 0 Å². The van der Waals surface area contributed by atoms with Gasteiger partial charge in [0.2, 0.25) is 11.2 Å². The highest BCUT2D eigenvalue weighted by Gasteiger charge is 2.17. The molecule has 1 aliphatic heterocycles. The van der Waals surface area contributed by atoms with Crippen LogP contribution in [-0.2, 0) is 30.9 Å². The van der Waals surface area contributed by atoms with Crippen LogP contribution in [0.5, 0.6) is 5.75 Å². The number of carbonyl (C=O) groups is 1. The standard InChI is InChI=1S/C24H23NO5/c1-28-24(27)19-8-6-17(7-9-19)15-30-23-16-29-21(12-22(23)26)14-25-11-10-18-4-2-3-5-20(18)13-25/h2-9,12,16H,10-11,13-15H2,1H3. The number of methoxy groups -OCH3 is 1. The molecule has 0 unspecified atom stereocenters. The summed E-state index contributed by atoms with van der Waals surface area (Å²) in [6.45, 7) is 2.56. The third kappa shape index (κ3) is 4.60. The summed E-state index contributed by atoms with van der Waals surface area (Å²) in [5.41, 5.74) is 3.80. The van der Waals surface area contributed by atoms with Crippen LogP contribution in [0.3, 0.4) is 0 Å². The second-order valence-corrected chi connectivity index (χ2v) is 7.28. The summed E-state index contributed by atoms with van der Waals surface area (Å²) in [6.07, 6.45) is 2.37. The predicted octanol–water partition coefficient (Wildman–Crippen LogP) is 3.56. The molecule has 0 aliphatic carbocycles. The van der Waals surface area contributed by atoms with Gasteiger partial charge in [0.1, 0.15) is 18.6 Å². The lowest BCUT2D eigenvalue weighted by Crippen LogP contribution is -2.30. The number of carbonyl (C=O) groups excluding carboxylic acids is 1. The van der Waals surface area contributed by atoms with E-state index in [0.29, 0.717) is 17.9 Å². The fourth-order valence-electron chi connectivity index (χ4n) is 3.55. The van der Waals surface area contributed by atoms with Gasteiger partial charge < -0.3 is 13.9 Å². The molecule has 6 nitrogen and oxygen atoms in total. The zero-order valence-corrected chi connectivity index (χ0v) is 16.8. The van der Waals surface area contributed by atoms with Gasteiger partial charge in [-0.05, 0) is 35.2 Å². The van der Waals surface area contributed by atoms with E-state index in [4.69, 9.17) is 9.15 Å². The monoisotopic (exact) mass is 405 g/mol. The number of hydrogen-bond donors (Lipinski definition) is 0. The lowest BCUT2D eigenvalue weighted by atomic mass is 10.00. The Morgan fingerprint density at radius 2 is 1.87 bits per heavy atom. The topological polar surface area (TPSA) is 69.0 Å². The summed E-state index contributed by atoms with van der Waals surface area (Å²) >= 11 is 0. The van der Waals surface area contributed by atoms with Crippen molar-refractivity contribution in [2.45, 2.75) is 26.1 Å². The smallest absolute Gasteiger partial charge is 0.337 e. The third-order valence-corrected chi connectivity index (χ3v) is 5.21. The maximum absolute atomic E-state index is 12.4. The second kappa shape index (κ2) is 8.97. The first-order valence-electron chi connectivity index (χ1n) is 9.83. The van der Waals surface area contributed by atoms with Crippen LogP contribution in [0.2, 0.25) is 0 Å². The highest BCUT2D eigenvalue weighted by Crippen LogP contribution is 2.20. The molecule has 30 heavy (non-hydrogen) atoms. The normalized spacial score (nSPS) is 13.5. The summed E-state index contributed by atoms with van der Waals surface area (Å²) in [6, 6.07) is 16.8. The number of hydrogen-bond acceptors (Lipinski definition) is 6. The number of fused-ring (bicyclic) bond motifs is 1. The Morgan fingerprint density at radius 3 is 2.60 bits per heavy atom. The highest BCUT2D eigenvalue weighted by atomic mass is 16.5. The molecule has 0 saturated carbocycles. The fourth-order valence-corrected chi connectivity index (χ4v) is 3.55. The van der Waals surface area contributed by atoms with E-state index in [9.17, 15) is 9.59 Å². The van der Waals surface area contributed by atoms with E-state index in [2.05, 4.69) is 33.9 Å². The van der Waals surface area contributed by atoms with Crippen LogP contribution in [0.25, 0.3) is 0 Å². The van der Waals surface area contributed by atoms with E-state index in [1.165, 1.54) is 30.6 Å². The third-order valence-electron chi connectivity index (χ3n) is 5.21. The molecular formula is C24H23NO5. The van der Waals surface area contributed by atoms with Gasteiger partial charge in [-0.15, -0.1) is 0 Å². The molecule has 2 aromatic carbocycles. The number of nitrogens with zero attached hydrogens (tertiary/aromatic N) is 1. The summed E-state index contributed by atoms with van der Waals surface area (Å²) in [7, 11) is 1.34. The molecule has 2 heterocycles. The predicted molar refractivity (Wildman–Crippen MR) is 111 cm³/mol. The number of esters is 1. The molecule has 6 heteroatoms. The van der Waals surface area contributed by atoms with Crippen molar-refractivity contribution in [3.05, 3.63) is 99.1 Å². The van der Waals surface area contributed by atoms with Gasteiger partial charge in [-0.1, -0.05) is 36.4 Å². The van der Waals surface area contributed by atoms with Gasteiger partial charge in [0, 0.05) is 19.2 Å². The van der Waals surface area contributed by atoms with Crippen molar-refractivity contribution >= 4 is 5.97 Å². The zero-order chi connectivity index (χ0) is 20.9. The Labute approximate surface area is 174 Å². The molecule has 0 radical (unpaired) electrons. The minimum absolute atomic E-state index is 0.166.